The van der Waals surface area contributed by atoms with Gasteiger partial charge >= 0.3 is 0 Å². The normalized spacial score (nSPS) is 16.2. The molecule has 0 aliphatic heterocycles. The summed E-state index contributed by atoms with van der Waals surface area (Å²) in [5.41, 5.74) is 2.22. The van der Waals surface area contributed by atoms with E-state index in [1.54, 1.807) is 18.5 Å². The molecule has 1 aliphatic carbocycles. The van der Waals surface area contributed by atoms with E-state index in [1.165, 1.54) is 12.8 Å². The van der Waals surface area contributed by atoms with Crippen molar-refractivity contribution in [3.63, 3.8) is 0 Å². The molecular weight excluding hydrogens is 262 g/mol. The quantitative estimate of drug-likeness (QED) is 0.819. The minimum absolute atomic E-state index is 0.155. The molecule has 5 nitrogen and oxygen atoms in total. The van der Waals surface area contributed by atoms with Crippen LogP contribution in [0.5, 0.6) is 0 Å². The third-order valence-corrected chi connectivity index (χ3v) is 5.86. The second kappa shape index (κ2) is 5.63. The summed E-state index contributed by atoms with van der Waals surface area (Å²) in [6.45, 7) is 6.70. The van der Waals surface area contributed by atoms with Gasteiger partial charge in [0.2, 0.25) is 0 Å². The summed E-state index contributed by atoms with van der Waals surface area (Å²) in [7, 11) is -3.00. The summed E-state index contributed by atoms with van der Waals surface area (Å²) in [4.78, 5) is 0. The van der Waals surface area contributed by atoms with Crippen LogP contribution in [0.25, 0.3) is 0 Å². The van der Waals surface area contributed by atoms with E-state index in [9.17, 15) is 8.42 Å². The molecule has 0 unspecified atom stereocenters. The van der Waals surface area contributed by atoms with Crippen molar-refractivity contribution in [3.05, 3.63) is 17.5 Å². The molecule has 6 heteroatoms. The van der Waals surface area contributed by atoms with E-state index in [2.05, 4.69) is 10.4 Å². The fraction of sp³-hybridized carbons (Fsp3) is 0.769. The lowest BCUT2D eigenvalue weighted by atomic mass is 10.2. The van der Waals surface area contributed by atoms with Crippen LogP contribution in [0.3, 0.4) is 0 Å². The molecule has 0 saturated heterocycles. The first kappa shape index (κ1) is 14.5. The van der Waals surface area contributed by atoms with Crippen LogP contribution in [0.15, 0.2) is 6.20 Å². The van der Waals surface area contributed by atoms with E-state index >= 15 is 0 Å². The van der Waals surface area contributed by atoms with E-state index in [-0.39, 0.29) is 11.0 Å². The van der Waals surface area contributed by atoms with Crippen molar-refractivity contribution >= 4 is 9.84 Å². The fourth-order valence-corrected chi connectivity index (χ4v) is 2.77. The molecule has 1 aromatic rings. The van der Waals surface area contributed by atoms with Gasteiger partial charge in [0, 0.05) is 23.8 Å². The molecule has 0 aromatic carbocycles. The highest BCUT2D eigenvalue weighted by Gasteiger charge is 2.21. The molecule has 1 fully saturated rings. The molecule has 1 saturated carbocycles. The van der Waals surface area contributed by atoms with Crippen LogP contribution < -0.4 is 5.32 Å². The van der Waals surface area contributed by atoms with Gasteiger partial charge in [0.15, 0.2) is 9.84 Å². The number of hydrogen-bond acceptors (Lipinski definition) is 4. The number of hydrogen-bond donors (Lipinski definition) is 1. The monoisotopic (exact) mass is 285 g/mol. The highest BCUT2D eigenvalue weighted by Crippen LogP contribution is 2.19. The maximum Gasteiger partial charge on any atom is 0.154 e. The van der Waals surface area contributed by atoms with E-state index in [0.717, 1.165) is 17.8 Å². The fourth-order valence-electron chi connectivity index (χ4n) is 1.88. The maximum absolute atomic E-state index is 11.8. The minimum Gasteiger partial charge on any atom is -0.310 e. The largest absolute Gasteiger partial charge is 0.310 e. The Morgan fingerprint density at radius 1 is 1.47 bits per heavy atom. The Morgan fingerprint density at radius 3 is 2.74 bits per heavy atom. The van der Waals surface area contributed by atoms with Gasteiger partial charge in [0.05, 0.1) is 23.7 Å². The number of sulfone groups is 1. The Balaban J connectivity index is 1.93. The molecule has 1 N–H and O–H groups in total. The van der Waals surface area contributed by atoms with Crippen molar-refractivity contribution in [2.45, 2.75) is 58.0 Å². The van der Waals surface area contributed by atoms with Crippen molar-refractivity contribution in [3.8, 4) is 0 Å². The van der Waals surface area contributed by atoms with Gasteiger partial charge in [-0.2, -0.15) is 5.10 Å². The highest BCUT2D eigenvalue weighted by molar-refractivity contribution is 7.91. The van der Waals surface area contributed by atoms with Crippen LogP contribution in [0.2, 0.25) is 0 Å². The van der Waals surface area contributed by atoms with Gasteiger partial charge in [0.1, 0.15) is 0 Å². The van der Waals surface area contributed by atoms with Crippen molar-refractivity contribution < 1.29 is 8.42 Å². The average molecular weight is 285 g/mol. The molecule has 1 heterocycles. The Kier molecular flexibility index (Phi) is 4.30. The number of nitrogens with one attached hydrogen (secondary N) is 1. The van der Waals surface area contributed by atoms with Gasteiger partial charge in [-0.3, -0.25) is 4.68 Å². The summed E-state index contributed by atoms with van der Waals surface area (Å²) in [5, 5.41) is 7.41. The highest BCUT2D eigenvalue weighted by atomic mass is 32.2. The molecule has 0 radical (unpaired) electrons. The van der Waals surface area contributed by atoms with Crippen LogP contribution in [0.4, 0.5) is 0 Å². The van der Waals surface area contributed by atoms with Crippen LogP contribution in [-0.2, 0) is 22.9 Å². The summed E-state index contributed by atoms with van der Waals surface area (Å²) in [5.74, 6) is 0.155. The first-order valence-corrected chi connectivity index (χ1v) is 8.58. The van der Waals surface area contributed by atoms with E-state index < -0.39 is 9.84 Å². The number of nitrogens with zero attached hydrogens (tertiary/aromatic N) is 2. The maximum atomic E-state index is 11.8. The second-order valence-corrected chi connectivity index (χ2v) is 8.23. The summed E-state index contributed by atoms with van der Waals surface area (Å²) < 4.78 is 25.4. The van der Waals surface area contributed by atoms with Crippen molar-refractivity contribution in [1.82, 2.24) is 15.1 Å². The molecule has 0 atom stereocenters. The number of aromatic nitrogens is 2. The second-order valence-electron chi connectivity index (χ2n) is 5.55. The predicted molar refractivity (Wildman–Crippen MR) is 75.7 cm³/mol. The molecule has 0 spiro atoms. The number of aryl methyl sites for hydroxylation is 1. The lowest BCUT2D eigenvalue weighted by Crippen LogP contribution is -2.22. The third kappa shape index (κ3) is 3.79. The standard InChI is InChI=1S/C13H23N3O2S/c1-10(2)19(17,18)7-6-16-11(3)12(9-15-16)8-14-13-4-5-13/h9-10,13-14H,4-8H2,1-3H3. The van der Waals surface area contributed by atoms with Gasteiger partial charge < -0.3 is 5.32 Å². The molecular formula is C13H23N3O2S. The van der Waals surface area contributed by atoms with Crippen LogP contribution in [0, 0.1) is 6.92 Å². The van der Waals surface area contributed by atoms with Crippen LogP contribution >= 0.6 is 0 Å². The third-order valence-electron chi connectivity index (χ3n) is 3.67. The Bertz CT molecular complexity index is 530. The van der Waals surface area contributed by atoms with Gasteiger partial charge in [0.25, 0.3) is 0 Å². The zero-order valence-corrected chi connectivity index (χ0v) is 12.7. The first-order valence-electron chi connectivity index (χ1n) is 6.86. The van der Waals surface area contributed by atoms with Gasteiger partial charge in [-0.1, -0.05) is 0 Å². The zero-order valence-electron chi connectivity index (χ0n) is 11.9. The average Bonchev–Trinajstić information content (AvgIpc) is 3.10. The summed E-state index contributed by atoms with van der Waals surface area (Å²) in [6, 6.07) is 0.670. The Labute approximate surface area is 115 Å². The van der Waals surface area contributed by atoms with Crippen molar-refractivity contribution in [2.24, 2.45) is 0 Å². The van der Waals surface area contributed by atoms with Gasteiger partial charge in [-0.15, -0.1) is 0 Å². The lowest BCUT2D eigenvalue weighted by molar-refractivity contribution is 0.569. The van der Waals surface area contributed by atoms with Crippen molar-refractivity contribution in [2.75, 3.05) is 5.75 Å². The molecule has 0 bridgehead atoms. The molecule has 19 heavy (non-hydrogen) atoms. The molecule has 1 aromatic heterocycles. The van der Waals surface area contributed by atoms with Crippen LogP contribution in [-0.4, -0.2) is 35.2 Å². The SMILES string of the molecule is Cc1c(CNC2CC2)cnn1CCS(=O)(=O)C(C)C. The van der Waals surface area contributed by atoms with Gasteiger partial charge in [-0.25, -0.2) is 8.42 Å². The van der Waals surface area contributed by atoms with Crippen molar-refractivity contribution in [1.29, 1.82) is 0 Å². The van der Waals surface area contributed by atoms with E-state index in [0.29, 0.717) is 12.6 Å². The van der Waals surface area contributed by atoms with Crippen LogP contribution in [0.1, 0.15) is 37.9 Å². The van der Waals surface area contributed by atoms with Gasteiger partial charge in [-0.05, 0) is 33.6 Å². The molecule has 1 aliphatic rings. The summed E-state index contributed by atoms with van der Waals surface area (Å²) >= 11 is 0. The number of rotatable bonds is 7. The zero-order chi connectivity index (χ0) is 14.0. The minimum atomic E-state index is -3.00. The summed E-state index contributed by atoms with van der Waals surface area (Å²) in [6.07, 6.45) is 4.37. The smallest absolute Gasteiger partial charge is 0.154 e. The topological polar surface area (TPSA) is 64.0 Å². The lowest BCUT2D eigenvalue weighted by Gasteiger charge is -2.09. The predicted octanol–water partition coefficient (Wildman–Crippen LogP) is 1.27. The first-order chi connectivity index (χ1) is 8.90. The van der Waals surface area contributed by atoms with E-state index in [1.807, 2.05) is 13.1 Å². The molecule has 2 rings (SSSR count). The Morgan fingerprint density at radius 2 is 2.16 bits per heavy atom. The molecule has 0 amide bonds. The van der Waals surface area contributed by atoms with E-state index in [4.69, 9.17) is 0 Å². The Hall–Kier alpha value is -0.880. The molecule has 108 valence electrons.